The van der Waals surface area contributed by atoms with E-state index in [0.717, 1.165) is 22.7 Å². The van der Waals surface area contributed by atoms with E-state index in [9.17, 15) is 0 Å². The first-order valence-electron chi connectivity index (χ1n) is 21.3. The highest BCUT2D eigenvalue weighted by Crippen LogP contribution is 2.46. The van der Waals surface area contributed by atoms with E-state index in [-0.39, 0.29) is 0 Å². The molecule has 0 aliphatic carbocycles. The highest BCUT2D eigenvalue weighted by Gasteiger charge is 2.22. The van der Waals surface area contributed by atoms with Gasteiger partial charge < -0.3 is 9.47 Å². The predicted octanol–water partition coefficient (Wildman–Crippen LogP) is 16.7. The molecule has 2 heteroatoms. The Labute approximate surface area is 360 Å². The maximum absolute atomic E-state index is 2.47. The van der Waals surface area contributed by atoms with Gasteiger partial charge in [0.05, 0.1) is 22.4 Å². The number of aromatic nitrogens is 1. The summed E-state index contributed by atoms with van der Waals surface area (Å²) in [6.07, 6.45) is 0. The summed E-state index contributed by atoms with van der Waals surface area (Å²) in [5.74, 6) is 0. The standard InChI is InChI=1S/C60H40N2/c1-3-16-41(17-4-1)42-30-33-46(34-31-42)61(47-35-36-49(43-18-5-2-6-19-43)55(40-47)51-28-15-22-44-20-7-9-23-48(44)51)57-38-39-58(53-26-12-11-25-52(53)57)62-56-29-14-13-27-54(56)60-50-24-10-8-21-45(50)32-37-59(60)62/h1-40H. The highest BCUT2D eigenvalue weighted by molar-refractivity contribution is 6.22. The predicted molar refractivity (Wildman–Crippen MR) is 264 cm³/mol. The van der Waals surface area contributed by atoms with Crippen LogP contribution in [0.3, 0.4) is 0 Å². The van der Waals surface area contributed by atoms with Gasteiger partial charge in [-0.2, -0.15) is 0 Å². The summed E-state index contributed by atoms with van der Waals surface area (Å²) in [5, 5.41) is 9.87. The Kier molecular flexibility index (Phi) is 8.53. The molecule has 0 radical (unpaired) electrons. The number of rotatable bonds is 7. The van der Waals surface area contributed by atoms with E-state index < -0.39 is 0 Å². The summed E-state index contributed by atoms with van der Waals surface area (Å²) in [6, 6.07) is 88.5. The third kappa shape index (κ3) is 5.88. The van der Waals surface area contributed by atoms with Crippen LogP contribution in [0, 0.1) is 0 Å². The zero-order valence-corrected chi connectivity index (χ0v) is 34.0. The third-order valence-electron chi connectivity index (χ3n) is 12.6. The zero-order valence-electron chi connectivity index (χ0n) is 34.0. The van der Waals surface area contributed by atoms with Crippen molar-refractivity contribution in [3.63, 3.8) is 0 Å². The first kappa shape index (κ1) is 35.7. The Morgan fingerprint density at radius 3 is 1.65 bits per heavy atom. The molecule has 1 heterocycles. The molecule has 1 aromatic heterocycles. The number of hydrogen-bond donors (Lipinski definition) is 0. The minimum absolute atomic E-state index is 1.08. The van der Waals surface area contributed by atoms with Crippen molar-refractivity contribution >= 4 is 71.2 Å². The number of nitrogens with zero attached hydrogens (tertiary/aromatic N) is 2. The fraction of sp³-hybridized carbons (Fsp3) is 0. The van der Waals surface area contributed by atoms with Crippen LogP contribution in [0.2, 0.25) is 0 Å². The minimum atomic E-state index is 1.08. The minimum Gasteiger partial charge on any atom is -0.310 e. The van der Waals surface area contributed by atoms with Gasteiger partial charge >= 0.3 is 0 Å². The second-order valence-electron chi connectivity index (χ2n) is 16.1. The molecule has 0 unspecified atom stereocenters. The normalized spacial score (nSPS) is 11.5. The molecule has 0 saturated carbocycles. The largest absolute Gasteiger partial charge is 0.310 e. The second-order valence-corrected chi connectivity index (χ2v) is 16.1. The summed E-state index contributed by atoms with van der Waals surface area (Å²) < 4.78 is 2.47. The maximum Gasteiger partial charge on any atom is 0.0547 e. The van der Waals surface area contributed by atoms with Crippen molar-refractivity contribution in [1.29, 1.82) is 0 Å². The van der Waals surface area contributed by atoms with Gasteiger partial charge in [0.25, 0.3) is 0 Å². The summed E-state index contributed by atoms with van der Waals surface area (Å²) in [4.78, 5) is 2.45. The van der Waals surface area contributed by atoms with Crippen LogP contribution in [-0.4, -0.2) is 4.57 Å². The average molecular weight is 789 g/mol. The van der Waals surface area contributed by atoms with E-state index in [0.29, 0.717) is 0 Å². The van der Waals surface area contributed by atoms with Crippen LogP contribution < -0.4 is 4.90 Å². The van der Waals surface area contributed by atoms with E-state index in [1.807, 2.05) is 0 Å². The molecule has 290 valence electrons. The number of para-hydroxylation sites is 1. The molecule has 12 rings (SSSR count). The van der Waals surface area contributed by atoms with Crippen LogP contribution in [0.5, 0.6) is 0 Å². The van der Waals surface area contributed by atoms with Crippen molar-refractivity contribution in [1.82, 2.24) is 4.57 Å². The van der Waals surface area contributed by atoms with E-state index in [1.54, 1.807) is 0 Å². The van der Waals surface area contributed by atoms with E-state index in [4.69, 9.17) is 0 Å². The summed E-state index contributed by atoms with van der Waals surface area (Å²) in [5.41, 5.74) is 14.0. The molecule has 0 amide bonds. The molecule has 0 atom stereocenters. The van der Waals surface area contributed by atoms with Crippen molar-refractivity contribution in [3.05, 3.63) is 243 Å². The Hall–Kier alpha value is -8.20. The fourth-order valence-electron chi connectivity index (χ4n) is 9.74. The van der Waals surface area contributed by atoms with Gasteiger partial charge in [-0.3, -0.25) is 0 Å². The van der Waals surface area contributed by atoms with E-state index in [1.165, 1.54) is 87.5 Å². The SMILES string of the molecule is c1ccc(-c2ccc(N(c3ccc(-c4ccccc4)c(-c4cccc5ccccc45)c3)c3ccc(-n4c5ccccc5c5c6ccccc6ccc54)c4ccccc34)cc2)cc1. The molecular formula is C60H40N2. The lowest BCUT2D eigenvalue weighted by molar-refractivity contribution is 1.19. The van der Waals surface area contributed by atoms with Gasteiger partial charge in [0.1, 0.15) is 0 Å². The molecule has 0 aliphatic rings. The van der Waals surface area contributed by atoms with Crippen molar-refractivity contribution in [2.45, 2.75) is 0 Å². The number of benzene rings is 11. The maximum atomic E-state index is 2.47. The van der Waals surface area contributed by atoms with E-state index >= 15 is 0 Å². The lowest BCUT2D eigenvalue weighted by atomic mass is 9.90. The second kappa shape index (κ2) is 14.8. The van der Waals surface area contributed by atoms with Crippen molar-refractivity contribution in [2.24, 2.45) is 0 Å². The fourth-order valence-corrected chi connectivity index (χ4v) is 9.74. The van der Waals surface area contributed by atoms with Gasteiger partial charge in [0.15, 0.2) is 0 Å². The molecule has 12 aromatic rings. The van der Waals surface area contributed by atoms with Crippen molar-refractivity contribution in [3.8, 4) is 39.1 Å². The smallest absolute Gasteiger partial charge is 0.0547 e. The number of fused-ring (bicyclic) bond motifs is 7. The van der Waals surface area contributed by atoms with Crippen molar-refractivity contribution in [2.75, 3.05) is 4.90 Å². The summed E-state index contributed by atoms with van der Waals surface area (Å²) in [6.45, 7) is 0. The van der Waals surface area contributed by atoms with Crippen molar-refractivity contribution < 1.29 is 0 Å². The molecule has 0 saturated heterocycles. The van der Waals surface area contributed by atoms with Gasteiger partial charge in [-0.1, -0.05) is 194 Å². The molecule has 0 N–H and O–H groups in total. The highest BCUT2D eigenvalue weighted by atomic mass is 15.1. The first-order chi connectivity index (χ1) is 30.8. The molecule has 2 nitrogen and oxygen atoms in total. The molecule has 0 bridgehead atoms. The van der Waals surface area contributed by atoms with Gasteiger partial charge in [-0.15, -0.1) is 0 Å². The van der Waals surface area contributed by atoms with Crippen LogP contribution in [0.25, 0.3) is 93.2 Å². The first-order valence-corrected chi connectivity index (χ1v) is 21.3. The Bertz CT molecular complexity index is 3620. The van der Waals surface area contributed by atoms with Gasteiger partial charge in [-0.05, 0) is 103 Å². The molecule has 0 aliphatic heterocycles. The lowest BCUT2D eigenvalue weighted by Gasteiger charge is -2.29. The van der Waals surface area contributed by atoms with Crippen LogP contribution in [0.1, 0.15) is 0 Å². The molecule has 62 heavy (non-hydrogen) atoms. The molecular weight excluding hydrogens is 749 g/mol. The summed E-state index contributed by atoms with van der Waals surface area (Å²) >= 11 is 0. The van der Waals surface area contributed by atoms with E-state index in [2.05, 4.69) is 252 Å². The lowest BCUT2D eigenvalue weighted by Crippen LogP contribution is -2.11. The van der Waals surface area contributed by atoms with Gasteiger partial charge in [0, 0.05) is 32.9 Å². The topological polar surface area (TPSA) is 8.17 Å². The third-order valence-corrected chi connectivity index (χ3v) is 12.6. The molecule has 0 fully saturated rings. The molecule has 11 aromatic carbocycles. The Morgan fingerprint density at radius 2 is 0.871 bits per heavy atom. The Balaban J connectivity index is 1.11. The number of anilines is 3. The van der Waals surface area contributed by atoms with Gasteiger partial charge in [0.2, 0.25) is 0 Å². The number of hydrogen-bond acceptors (Lipinski definition) is 1. The van der Waals surface area contributed by atoms with Crippen LogP contribution in [0.15, 0.2) is 243 Å². The van der Waals surface area contributed by atoms with Gasteiger partial charge in [-0.25, -0.2) is 0 Å². The van der Waals surface area contributed by atoms with Crippen LogP contribution >= 0.6 is 0 Å². The quantitative estimate of drug-likeness (QED) is 0.156. The average Bonchev–Trinajstić information content (AvgIpc) is 3.69. The van der Waals surface area contributed by atoms with Crippen LogP contribution in [0.4, 0.5) is 17.1 Å². The van der Waals surface area contributed by atoms with Crippen LogP contribution in [-0.2, 0) is 0 Å². The summed E-state index contributed by atoms with van der Waals surface area (Å²) in [7, 11) is 0. The Morgan fingerprint density at radius 1 is 0.290 bits per heavy atom. The monoisotopic (exact) mass is 788 g/mol. The molecule has 0 spiro atoms. The zero-order chi connectivity index (χ0) is 41.0.